The number of hydrogen-bond donors (Lipinski definition) is 3. The van der Waals surface area contributed by atoms with Gasteiger partial charge in [-0.25, -0.2) is 0 Å². The Morgan fingerprint density at radius 3 is 2.52 bits per heavy atom. The van der Waals surface area contributed by atoms with E-state index >= 15 is 0 Å². The summed E-state index contributed by atoms with van der Waals surface area (Å²) in [4.78, 5) is 14.5. The number of carbonyl (C=O) groups is 1. The molecule has 2 fully saturated rings. The summed E-state index contributed by atoms with van der Waals surface area (Å²) < 4.78 is 5.30. The summed E-state index contributed by atoms with van der Waals surface area (Å²) in [7, 11) is 1.70. The first kappa shape index (κ1) is 16.0. The minimum Gasteiger partial charge on any atom is -0.409 e. The summed E-state index contributed by atoms with van der Waals surface area (Å²) >= 11 is 0. The lowest BCUT2D eigenvalue weighted by Gasteiger charge is -2.42. The van der Waals surface area contributed by atoms with E-state index in [9.17, 15) is 9.90 Å². The molecule has 0 aromatic heterocycles. The van der Waals surface area contributed by atoms with E-state index in [0.717, 1.165) is 19.3 Å². The fraction of sp³-hybridized carbons (Fsp3) is 0.857. The average Bonchev–Trinajstić information content (AvgIpc) is 2.53. The maximum absolute atomic E-state index is 13.0. The van der Waals surface area contributed by atoms with Crippen molar-refractivity contribution >= 4 is 11.7 Å². The van der Waals surface area contributed by atoms with E-state index in [0.29, 0.717) is 32.5 Å². The van der Waals surface area contributed by atoms with Crippen LogP contribution in [0.4, 0.5) is 0 Å². The van der Waals surface area contributed by atoms with Crippen LogP contribution in [0, 0.1) is 5.41 Å². The second kappa shape index (κ2) is 6.62. The van der Waals surface area contributed by atoms with Gasteiger partial charge in [-0.1, -0.05) is 18.0 Å². The molecule has 21 heavy (non-hydrogen) atoms. The average molecular weight is 299 g/mol. The van der Waals surface area contributed by atoms with Crippen molar-refractivity contribution in [2.24, 2.45) is 16.3 Å². The molecule has 1 saturated carbocycles. The van der Waals surface area contributed by atoms with Crippen LogP contribution in [0.1, 0.15) is 38.5 Å². The van der Waals surface area contributed by atoms with Gasteiger partial charge in [-0.2, -0.15) is 0 Å². The highest BCUT2D eigenvalue weighted by Gasteiger charge is 2.47. The highest BCUT2D eigenvalue weighted by Crippen LogP contribution is 2.35. The van der Waals surface area contributed by atoms with Crippen LogP contribution < -0.4 is 5.73 Å². The number of carbonyl (C=O) groups excluding carboxylic acids is 1. The van der Waals surface area contributed by atoms with Gasteiger partial charge < -0.3 is 25.7 Å². The van der Waals surface area contributed by atoms with Crippen LogP contribution in [0.3, 0.4) is 0 Å². The van der Waals surface area contributed by atoms with Crippen molar-refractivity contribution in [3.63, 3.8) is 0 Å². The molecular weight excluding hydrogens is 274 g/mol. The number of nitrogens with zero attached hydrogens (tertiary/aromatic N) is 2. The topological polar surface area (TPSA) is 108 Å². The molecule has 0 radical (unpaired) electrons. The fourth-order valence-corrected chi connectivity index (χ4v) is 3.43. The second-order valence-corrected chi connectivity index (χ2v) is 6.01. The van der Waals surface area contributed by atoms with E-state index in [2.05, 4.69) is 5.16 Å². The molecule has 2 unspecified atom stereocenters. The zero-order valence-electron chi connectivity index (χ0n) is 12.5. The molecule has 7 nitrogen and oxygen atoms in total. The standard InChI is InChI=1S/C14H25N3O4/c1-17(10-4-2-3-5-11(10)18)13(19)14(12(15)16-20)6-8-21-9-7-14/h10-11,18,20H,2-9H2,1H3,(H2,15,16). The molecule has 1 saturated heterocycles. The molecule has 7 heteroatoms. The highest BCUT2D eigenvalue weighted by molar-refractivity contribution is 6.06. The van der Waals surface area contributed by atoms with Gasteiger partial charge in [-0.15, -0.1) is 0 Å². The molecule has 1 heterocycles. The van der Waals surface area contributed by atoms with E-state index in [1.54, 1.807) is 11.9 Å². The van der Waals surface area contributed by atoms with E-state index in [-0.39, 0.29) is 17.8 Å². The number of amides is 1. The Hall–Kier alpha value is -1.34. The van der Waals surface area contributed by atoms with E-state index < -0.39 is 11.5 Å². The summed E-state index contributed by atoms with van der Waals surface area (Å²) in [5.41, 5.74) is 4.81. The predicted octanol–water partition coefficient (Wildman–Crippen LogP) is 0.292. The highest BCUT2D eigenvalue weighted by atomic mass is 16.5. The van der Waals surface area contributed by atoms with Crippen LogP contribution in [0.2, 0.25) is 0 Å². The Bertz CT molecular complexity index is 407. The van der Waals surface area contributed by atoms with E-state index in [4.69, 9.17) is 15.7 Å². The summed E-state index contributed by atoms with van der Waals surface area (Å²) in [6, 6.07) is -0.197. The van der Waals surface area contributed by atoms with Gasteiger partial charge in [0.2, 0.25) is 5.91 Å². The van der Waals surface area contributed by atoms with E-state index in [1.807, 2.05) is 0 Å². The lowest BCUT2D eigenvalue weighted by Crippen LogP contribution is -2.57. The van der Waals surface area contributed by atoms with Crippen LogP contribution in [0.15, 0.2) is 5.16 Å². The Morgan fingerprint density at radius 1 is 1.33 bits per heavy atom. The third-order valence-electron chi connectivity index (χ3n) is 4.87. The number of nitrogens with two attached hydrogens (primary N) is 1. The number of hydrogen-bond acceptors (Lipinski definition) is 5. The van der Waals surface area contributed by atoms with Crippen LogP contribution in [-0.4, -0.2) is 59.4 Å². The van der Waals surface area contributed by atoms with Gasteiger partial charge >= 0.3 is 0 Å². The molecule has 2 atom stereocenters. The third kappa shape index (κ3) is 2.98. The molecule has 1 amide bonds. The largest absolute Gasteiger partial charge is 0.409 e. The monoisotopic (exact) mass is 299 g/mol. The Labute approximate surface area is 124 Å². The molecule has 120 valence electrons. The SMILES string of the molecule is CN(C(=O)C1(C(N)=NO)CCOCC1)C1CCCCC1O. The van der Waals surface area contributed by atoms with Crippen LogP contribution in [-0.2, 0) is 9.53 Å². The van der Waals surface area contributed by atoms with Crippen LogP contribution >= 0.6 is 0 Å². The van der Waals surface area contributed by atoms with Gasteiger partial charge in [-0.3, -0.25) is 4.79 Å². The molecule has 1 aliphatic carbocycles. The molecule has 0 spiro atoms. The molecule has 0 aromatic rings. The lowest BCUT2D eigenvalue weighted by molar-refractivity contribution is -0.146. The summed E-state index contributed by atoms with van der Waals surface area (Å²) in [5, 5.41) is 22.3. The molecule has 0 bridgehead atoms. The van der Waals surface area contributed by atoms with Crippen LogP contribution in [0.25, 0.3) is 0 Å². The van der Waals surface area contributed by atoms with Gasteiger partial charge in [0.05, 0.1) is 12.1 Å². The van der Waals surface area contributed by atoms with Crippen molar-refractivity contribution in [3.05, 3.63) is 0 Å². The van der Waals surface area contributed by atoms with Crippen molar-refractivity contribution < 1.29 is 19.8 Å². The first-order valence-corrected chi connectivity index (χ1v) is 7.54. The second-order valence-electron chi connectivity index (χ2n) is 6.01. The zero-order chi connectivity index (χ0) is 15.5. The maximum atomic E-state index is 13.0. The van der Waals surface area contributed by atoms with Gasteiger partial charge in [0.25, 0.3) is 0 Å². The number of likely N-dealkylation sites (N-methyl/N-ethyl adjacent to an activating group) is 1. The van der Waals surface area contributed by atoms with Gasteiger partial charge in [0.1, 0.15) is 5.41 Å². The van der Waals surface area contributed by atoms with Crippen LogP contribution in [0.5, 0.6) is 0 Å². The first-order valence-electron chi connectivity index (χ1n) is 7.54. The molecule has 4 N–H and O–H groups in total. The number of rotatable bonds is 3. The Morgan fingerprint density at radius 2 is 1.95 bits per heavy atom. The molecule has 1 aliphatic heterocycles. The van der Waals surface area contributed by atoms with Crippen molar-refractivity contribution in [1.82, 2.24) is 4.90 Å². The molecule has 2 aliphatic rings. The van der Waals surface area contributed by atoms with Crippen molar-refractivity contribution in [3.8, 4) is 0 Å². The fourth-order valence-electron chi connectivity index (χ4n) is 3.43. The summed E-state index contributed by atoms with van der Waals surface area (Å²) in [6.07, 6.45) is 3.77. The van der Waals surface area contributed by atoms with Crippen molar-refractivity contribution in [1.29, 1.82) is 0 Å². The molecule has 2 rings (SSSR count). The van der Waals surface area contributed by atoms with E-state index in [1.165, 1.54) is 0 Å². The van der Waals surface area contributed by atoms with Gasteiger partial charge in [0, 0.05) is 20.3 Å². The van der Waals surface area contributed by atoms with Gasteiger partial charge in [0.15, 0.2) is 5.84 Å². The van der Waals surface area contributed by atoms with Crippen molar-refractivity contribution in [2.75, 3.05) is 20.3 Å². The number of oxime groups is 1. The number of ether oxygens (including phenoxy) is 1. The van der Waals surface area contributed by atoms with Crippen molar-refractivity contribution in [2.45, 2.75) is 50.7 Å². The summed E-state index contributed by atoms with van der Waals surface area (Å²) in [5.74, 6) is -0.250. The first-order chi connectivity index (χ1) is 10.0. The maximum Gasteiger partial charge on any atom is 0.236 e. The molecular formula is C14H25N3O4. The zero-order valence-corrected chi connectivity index (χ0v) is 12.5. The number of amidine groups is 1. The minimum absolute atomic E-state index is 0.0621. The third-order valence-corrected chi connectivity index (χ3v) is 4.87. The lowest BCUT2D eigenvalue weighted by atomic mass is 9.77. The minimum atomic E-state index is -1.01. The summed E-state index contributed by atoms with van der Waals surface area (Å²) in [6.45, 7) is 0.812. The quantitative estimate of drug-likeness (QED) is 0.300. The predicted molar refractivity (Wildman–Crippen MR) is 76.9 cm³/mol. The smallest absolute Gasteiger partial charge is 0.236 e. The number of aliphatic hydroxyl groups excluding tert-OH is 1. The number of aliphatic hydroxyl groups is 1. The normalized spacial score (nSPS) is 29.9. The van der Waals surface area contributed by atoms with Gasteiger partial charge in [-0.05, 0) is 25.7 Å². The Kier molecular flexibility index (Phi) is 5.05. The Balaban J connectivity index is 2.21. The molecule has 0 aromatic carbocycles.